The van der Waals surface area contributed by atoms with E-state index in [-0.39, 0.29) is 12.2 Å². The molecule has 0 aliphatic heterocycles. The molecule has 0 saturated carbocycles. The van der Waals surface area contributed by atoms with Crippen LogP contribution in [0.5, 0.6) is 0 Å². The van der Waals surface area contributed by atoms with Gasteiger partial charge in [-0.05, 0) is 25.0 Å². The Kier molecular flexibility index (Phi) is 4.93. The average molecular weight is 357 g/mol. The fourth-order valence-corrected chi connectivity index (χ4v) is 2.03. The van der Waals surface area contributed by atoms with Crippen LogP contribution < -0.4 is 3.53 Å². The number of benzene rings is 1. The molecule has 0 aliphatic carbocycles. The summed E-state index contributed by atoms with van der Waals surface area (Å²) < 4.78 is 40.1. The van der Waals surface area contributed by atoms with Gasteiger partial charge in [0.15, 0.2) is 0 Å². The van der Waals surface area contributed by atoms with E-state index in [0.29, 0.717) is 5.56 Å². The molecule has 6 heteroatoms. The van der Waals surface area contributed by atoms with Crippen LogP contribution in [0.4, 0.5) is 13.2 Å². The van der Waals surface area contributed by atoms with Gasteiger partial charge < -0.3 is 0 Å². The van der Waals surface area contributed by atoms with Crippen LogP contribution in [-0.4, -0.2) is 11.8 Å². The van der Waals surface area contributed by atoms with E-state index in [1.807, 2.05) is 22.9 Å². The molecule has 2 nitrogen and oxygen atoms in total. The summed E-state index contributed by atoms with van der Waals surface area (Å²) >= 11 is 1.82. The SMILES string of the molecule is CC(=O)[C@@H](Cc1cccc(C(F)(F)F)c1)NI. The van der Waals surface area contributed by atoms with E-state index in [1.165, 1.54) is 13.0 Å². The molecule has 0 amide bonds. The lowest BCUT2D eigenvalue weighted by Gasteiger charge is -2.13. The van der Waals surface area contributed by atoms with Gasteiger partial charge in [-0.1, -0.05) is 18.2 Å². The van der Waals surface area contributed by atoms with E-state index >= 15 is 0 Å². The molecule has 0 bridgehead atoms. The first kappa shape index (κ1) is 14.4. The van der Waals surface area contributed by atoms with Crippen molar-refractivity contribution in [2.24, 2.45) is 0 Å². The Labute approximate surface area is 111 Å². The molecule has 1 aromatic carbocycles. The molecule has 0 unspecified atom stereocenters. The normalized spacial score (nSPS) is 13.5. The topological polar surface area (TPSA) is 29.1 Å². The maximum atomic E-state index is 12.5. The zero-order valence-electron chi connectivity index (χ0n) is 9.01. The van der Waals surface area contributed by atoms with Gasteiger partial charge in [-0.3, -0.25) is 8.32 Å². The highest BCUT2D eigenvalue weighted by molar-refractivity contribution is 14.1. The molecule has 0 saturated heterocycles. The first-order chi connectivity index (χ1) is 7.84. The Bertz CT molecular complexity index is 406. The van der Waals surface area contributed by atoms with Crippen LogP contribution in [0.15, 0.2) is 24.3 Å². The molecule has 0 spiro atoms. The van der Waals surface area contributed by atoms with Crippen LogP contribution in [0.3, 0.4) is 0 Å². The second kappa shape index (κ2) is 5.81. The van der Waals surface area contributed by atoms with Gasteiger partial charge >= 0.3 is 6.18 Å². The van der Waals surface area contributed by atoms with Gasteiger partial charge in [0, 0.05) is 22.9 Å². The Hall–Kier alpha value is -0.630. The van der Waals surface area contributed by atoms with Gasteiger partial charge in [-0.25, -0.2) is 0 Å². The number of nitrogens with one attached hydrogen (secondary N) is 1. The predicted octanol–water partition coefficient (Wildman–Crippen LogP) is 3.15. The van der Waals surface area contributed by atoms with Crippen molar-refractivity contribution in [3.8, 4) is 0 Å². The number of carbonyl (C=O) groups excluding carboxylic acids is 1. The Balaban J connectivity index is 2.89. The molecule has 0 aromatic heterocycles. The van der Waals surface area contributed by atoms with Crippen molar-refractivity contribution in [2.45, 2.75) is 25.6 Å². The van der Waals surface area contributed by atoms with E-state index < -0.39 is 17.8 Å². The lowest BCUT2D eigenvalue weighted by atomic mass is 10.0. The number of Topliss-reactive ketones (excluding diaryl/α,β-unsaturated/α-hetero) is 1. The van der Waals surface area contributed by atoms with Crippen LogP contribution in [0, 0.1) is 0 Å². The molecule has 0 heterocycles. The zero-order valence-corrected chi connectivity index (χ0v) is 11.2. The summed E-state index contributed by atoms with van der Waals surface area (Å²) in [4.78, 5) is 11.2. The summed E-state index contributed by atoms with van der Waals surface area (Å²) in [6, 6.07) is 4.56. The van der Waals surface area contributed by atoms with Gasteiger partial charge in [0.1, 0.15) is 5.78 Å². The lowest BCUT2D eigenvalue weighted by molar-refractivity contribution is -0.137. The quantitative estimate of drug-likeness (QED) is 0.663. The monoisotopic (exact) mass is 357 g/mol. The highest BCUT2D eigenvalue weighted by Gasteiger charge is 2.30. The van der Waals surface area contributed by atoms with E-state index in [0.717, 1.165) is 12.1 Å². The molecular weight excluding hydrogens is 346 g/mol. The van der Waals surface area contributed by atoms with Crippen LogP contribution in [-0.2, 0) is 17.4 Å². The standard InChI is InChI=1S/C11H11F3INO/c1-7(17)10(16-15)6-8-3-2-4-9(5-8)11(12,13)14/h2-5,10,16H,6H2,1H3/t10-/m1/s1. The summed E-state index contributed by atoms with van der Waals surface area (Å²) in [6.07, 6.45) is -4.10. The van der Waals surface area contributed by atoms with Gasteiger partial charge in [-0.15, -0.1) is 0 Å². The number of halogens is 4. The molecule has 0 fully saturated rings. The number of hydrogen-bond donors (Lipinski definition) is 1. The molecule has 0 radical (unpaired) electrons. The Morgan fingerprint density at radius 2 is 2.12 bits per heavy atom. The van der Waals surface area contributed by atoms with Crippen molar-refractivity contribution in [1.82, 2.24) is 3.53 Å². The van der Waals surface area contributed by atoms with Crippen molar-refractivity contribution in [3.63, 3.8) is 0 Å². The maximum absolute atomic E-state index is 12.5. The van der Waals surface area contributed by atoms with E-state index in [2.05, 4.69) is 3.53 Å². The van der Waals surface area contributed by atoms with Crippen LogP contribution >= 0.6 is 22.9 Å². The minimum absolute atomic E-state index is 0.100. The van der Waals surface area contributed by atoms with Crippen molar-refractivity contribution in [1.29, 1.82) is 0 Å². The van der Waals surface area contributed by atoms with E-state index in [1.54, 1.807) is 6.07 Å². The molecule has 1 rings (SSSR count). The van der Waals surface area contributed by atoms with Crippen LogP contribution in [0.2, 0.25) is 0 Å². The first-order valence-electron chi connectivity index (χ1n) is 4.87. The lowest BCUT2D eigenvalue weighted by Crippen LogP contribution is -2.30. The summed E-state index contributed by atoms with van der Waals surface area (Å²) in [5.41, 5.74) is -0.199. The summed E-state index contributed by atoms with van der Waals surface area (Å²) in [6.45, 7) is 1.41. The fourth-order valence-electron chi connectivity index (χ4n) is 1.37. The third-order valence-corrected chi connectivity index (χ3v) is 3.07. The van der Waals surface area contributed by atoms with Gasteiger partial charge in [-0.2, -0.15) is 13.2 Å². The largest absolute Gasteiger partial charge is 0.416 e. The second-order valence-corrected chi connectivity index (χ2v) is 4.30. The number of hydrogen-bond acceptors (Lipinski definition) is 2. The molecule has 94 valence electrons. The maximum Gasteiger partial charge on any atom is 0.416 e. The molecule has 1 atom stereocenters. The summed E-state index contributed by atoms with van der Waals surface area (Å²) in [5, 5.41) is 0. The Morgan fingerprint density at radius 3 is 2.59 bits per heavy atom. The second-order valence-electron chi connectivity index (χ2n) is 3.67. The molecule has 0 aliphatic rings. The van der Waals surface area contributed by atoms with E-state index in [9.17, 15) is 18.0 Å². The number of rotatable bonds is 4. The predicted molar refractivity (Wildman–Crippen MR) is 66.8 cm³/mol. The summed E-state index contributed by atoms with van der Waals surface area (Å²) in [7, 11) is 0. The van der Waals surface area contributed by atoms with Gasteiger partial charge in [0.2, 0.25) is 0 Å². The number of alkyl halides is 3. The van der Waals surface area contributed by atoms with Crippen molar-refractivity contribution in [2.75, 3.05) is 0 Å². The minimum atomic E-state index is -4.35. The smallest absolute Gasteiger partial charge is 0.298 e. The molecule has 1 aromatic rings. The Morgan fingerprint density at radius 1 is 1.47 bits per heavy atom. The van der Waals surface area contributed by atoms with E-state index in [4.69, 9.17) is 0 Å². The first-order valence-corrected chi connectivity index (χ1v) is 5.95. The summed E-state index contributed by atoms with van der Waals surface area (Å²) in [5.74, 6) is -0.100. The van der Waals surface area contributed by atoms with Crippen molar-refractivity contribution < 1.29 is 18.0 Å². The molecular formula is C11H11F3INO. The van der Waals surface area contributed by atoms with Crippen molar-refractivity contribution in [3.05, 3.63) is 35.4 Å². The van der Waals surface area contributed by atoms with Crippen molar-refractivity contribution >= 4 is 28.6 Å². The number of ketones is 1. The third kappa shape index (κ3) is 4.27. The van der Waals surface area contributed by atoms with Crippen LogP contribution in [0.1, 0.15) is 18.1 Å². The van der Waals surface area contributed by atoms with Crippen LogP contribution in [0.25, 0.3) is 0 Å². The highest BCUT2D eigenvalue weighted by atomic mass is 127. The van der Waals surface area contributed by atoms with Gasteiger partial charge in [0.25, 0.3) is 0 Å². The fraction of sp³-hybridized carbons (Fsp3) is 0.364. The zero-order chi connectivity index (χ0) is 13.1. The number of carbonyl (C=O) groups is 1. The molecule has 17 heavy (non-hydrogen) atoms. The molecule has 1 N–H and O–H groups in total. The average Bonchev–Trinajstić information content (AvgIpc) is 2.24. The van der Waals surface area contributed by atoms with Gasteiger partial charge in [0.05, 0.1) is 11.6 Å². The minimum Gasteiger partial charge on any atom is -0.298 e. The highest BCUT2D eigenvalue weighted by Crippen LogP contribution is 2.29. The third-order valence-electron chi connectivity index (χ3n) is 2.32.